The molecule has 0 aromatic heterocycles. The fraction of sp³-hybridized carbons (Fsp3) is 0.208. The predicted octanol–water partition coefficient (Wildman–Crippen LogP) is 5.64. The summed E-state index contributed by atoms with van der Waals surface area (Å²) in [5, 5.41) is 3.30. The van der Waals surface area contributed by atoms with Crippen molar-refractivity contribution in [3.8, 4) is 5.75 Å². The smallest absolute Gasteiger partial charge is 0.262 e. The minimum atomic E-state index is -3.92. The fourth-order valence-corrected chi connectivity index (χ4v) is 5.36. The molecule has 3 aromatic rings. The van der Waals surface area contributed by atoms with E-state index in [0.717, 1.165) is 11.1 Å². The summed E-state index contributed by atoms with van der Waals surface area (Å²) in [5.41, 5.74) is 3.80. The average molecular weight is 473 g/mol. The van der Waals surface area contributed by atoms with E-state index in [1.54, 1.807) is 50.2 Å². The summed E-state index contributed by atoms with van der Waals surface area (Å²) in [6, 6.07) is 13.4. The number of hydrogen-bond acceptors (Lipinski definition) is 4. The number of nitrogens with one attached hydrogen (secondary N) is 2. The van der Waals surface area contributed by atoms with E-state index >= 15 is 0 Å². The number of methoxy groups -OCH3 is 1. The number of aryl methyl sites for hydroxylation is 4. The highest BCUT2D eigenvalue weighted by atomic mass is 35.5. The van der Waals surface area contributed by atoms with E-state index < -0.39 is 15.9 Å². The molecule has 3 rings (SSSR count). The molecule has 0 aliphatic heterocycles. The molecule has 0 radical (unpaired) electrons. The molecule has 6 nitrogen and oxygen atoms in total. The summed E-state index contributed by atoms with van der Waals surface area (Å²) >= 11 is 6.14. The average Bonchev–Trinajstić information content (AvgIpc) is 2.69. The molecule has 0 unspecified atom stereocenters. The minimum absolute atomic E-state index is 0.174. The van der Waals surface area contributed by atoms with Crippen molar-refractivity contribution in [1.29, 1.82) is 0 Å². The lowest BCUT2D eigenvalue weighted by atomic mass is 10.1. The van der Waals surface area contributed by atoms with Gasteiger partial charge in [-0.25, -0.2) is 8.42 Å². The lowest BCUT2D eigenvalue weighted by molar-refractivity contribution is 0.102. The number of benzene rings is 3. The summed E-state index contributed by atoms with van der Waals surface area (Å²) in [4.78, 5) is 13.3. The van der Waals surface area contributed by atoms with Gasteiger partial charge in [0.2, 0.25) is 0 Å². The van der Waals surface area contributed by atoms with Crippen LogP contribution in [0.25, 0.3) is 0 Å². The number of sulfonamides is 1. The molecule has 2 N–H and O–H groups in total. The zero-order valence-electron chi connectivity index (χ0n) is 18.5. The van der Waals surface area contributed by atoms with Gasteiger partial charge in [-0.05, 0) is 62.6 Å². The van der Waals surface area contributed by atoms with Crippen molar-refractivity contribution in [2.45, 2.75) is 32.6 Å². The SMILES string of the molecule is COc1cc(Cl)c(C)cc1NC(=O)c1ccccc1NS(=O)(=O)c1c(C)cc(C)cc1C. The maximum atomic E-state index is 13.2. The van der Waals surface area contributed by atoms with Gasteiger partial charge in [-0.15, -0.1) is 0 Å². The van der Waals surface area contributed by atoms with Crippen LogP contribution in [0, 0.1) is 27.7 Å². The van der Waals surface area contributed by atoms with Gasteiger partial charge in [-0.1, -0.05) is 41.4 Å². The fourth-order valence-electron chi connectivity index (χ4n) is 3.68. The van der Waals surface area contributed by atoms with E-state index in [4.69, 9.17) is 16.3 Å². The van der Waals surface area contributed by atoms with Crippen LogP contribution in [0.2, 0.25) is 5.02 Å². The highest BCUT2D eigenvalue weighted by molar-refractivity contribution is 7.92. The number of ether oxygens (including phenoxy) is 1. The molecule has 0 bridgehead atoms. The molecule has 0 spiro atoms. The Labute approximate surface area is 193 Å². The third-order valence-corrected chi connectivity index (χ3v) is 7.10. The largest absolute Gasteiger partial charge is 0.495 e. The molecule has 8 heteroatoms. The molecule has 0 fully saturated rings. The number of carbonyl (C=O) groups is 1. The van der Waals surface area contributed by atoms with Crippen LogP contribution in [-0.2, 0) is 10.0 Å². The van der Waals surface area contributed by atoms with Crippen LogP contribution in [0.5, 0.6) is 5.75 Å². The molecule has 1 amide bonds. The number of carbonyl (C=O) groups excluding carboxylic acids is 1. The van der Waals surface area contributed by atoms with Crippen LogP contribution in [0.3, 0.4) is 0 Å². The summed E-state index contributed by atoms with van der Waals surface area (Å²) in [6.07, 6.45) is 0. The Kier molecular flexibility index (Phi) is 6.81. The summed E-state index contributed by atoms with van der Waals surface area (Å²) in [6.45, 7) is 7.23. The third kappa shape index (κ3) is 4.89. The van der Waals surface area contributed by atoms with Gasteiger partial charge in [-0.2, -0.15) is 0 Å². The van der Waals surface area contributed by atoms with Gasteiger partial charge in [0.1, 0.15) is 5.75 Å². The number of halogens is 1. The van der Waals surface area contributed by atoms with Crippen molar-refractivity contribution >= 4 is 38.9 Å². The second-order valence-corrected chi connectivity index (χ2v) is 9.66. The van der Waals surface area contributed by atoms with Crippen LogP contribution in [0.15, 0.2) is 53.4 Å². The Morgan fingerprint density at radius 3 is 2.16 bits per heavy atom. The topological polar surface area (TPSA) is 84.5 Å². The molecule has 0 aliphatic rings. The Morgan fingerprint density at radius 1 is 0.906 bits per heavy atom. The van der Waals surface area contributed by atoms with Crippen LogP contribution < -0.4 is 14.8 Å². The third-order valence-electron chi connectivity index (χ3n) is 5.02. The van der Waals surface area contributed by atoms with Crippen molar-refractivity contribution in [3.63, 3.8) is 0 Å². The zero-order chi connectivity index (χ0) is 23.6. The van der Waals surface area contributed by atoms with Gasteiger partial charge in [0.25, 0.3) is 15.9 Å². The summed E-state index contributed by atoms with van der Waals surface area (Å²) in [5.74, 6) is -0.0846. The van der Waals surface area contributed by atoms with E-state index in [9.17, 15) is 13.2 Å². The lowest BCUT2D eigenvalue weighted by Gasteiger charge is -2.17. The minimum Gasteiger partial charge on any atom is -0.495 e. The lowest BCUT2D eigenvalue weighted by Crippen LogP contribution is -2.20. The molecule has 3 aromatic carbocycles. The maximum absolute atomic E-state index is 13.2. The Balaban J connectivity index is 1.97. The number of anilines is 2. The van der Waals surface area contributed by atoms with Crippen LogP contribution in [0.4, 0.5) is 11.4 Å². The van der Waals surface area contributed by atoms with Crippen molar-refractivity contribution in [3.05, 3.63) is 81.4 Å². The van der Waals surface area contributed by atoms with Gasteiger partial charge in [0, 0.05) is 11.1 Å². The van der Waals surface area contributed by atoms with Gasteiger partial charge in [0.05, 0.1) is 28.9 Å². The number of hydrogen-bond donors (Lipinski definition) is 2. The van der Waals surface area contributed by atoms with Crippen molar-refractivity contribution in [1.82, 2.24) is 0 Å². The molecule has 0 heterocycles. The second-order valence-electron chi connectivity index (χ2n) is 7.63. The van der Waals surface area contributed by atoms with Crippen LogP contribution in [0.1, 0.15) is 32.6 Å². The van der Waals surface area contributed by atoms with Gasteiger partial charge in [-0.3, -0.25) is 9.52 Å². The van der Waals surface area contributed by atoms with Crippen molar-refractivity contribution in [2.24, 2.45) is 0 Å². The molecule has 0 saturated heterocycles. The molecule has 168 valence electrons. The Hall–Kier alpha value is -3.03. The van der Waals surface area contributed by atoms with E-state index in [1.165, 1.54) is 7.11 Å². The Morgan fingerprint density at radius 2 is 1.53 bits per heavy atom. The van der Waals surface area contributed by atoms with E-state index in [-0.39, 0.29) is 16.1 Å². The predicted molar refractivity (Wildman–Crippen MR) is 129 cm³/mol. The highest BCUT2D eigenvalue weighted by Crippen LogP contribution is 2.32. The molecule has 32 heavy (non-hydrogen) atoms. The summed E-state index contributed by atoms with van der Waals surface area (Å²) < 4.78 is 34.3. The number of para-hydroxylation sites is 1. The first-order valence-corrected chi connectivity index (χ1v) is 11.7. The van der Waals surface area contributed by atoms with Crippen molar-refractivity contribution in [2.75, 3.05) is 17.1 Å². The molecule has 0 saturated carbocycles. The second kappa shape index (κ2) is 9.22. The molecule has 0 aliphatic carbocycles. The first-order valence-electron chi connectivity index (χ1n) is 9.88. The van der Waals surface area contributed by atoms with E-state index in [2.05, 4.69) is 10.0 Å². The Bertz CT molecular complexity index is 1280. The monoisotopic (exact) mass is 472 g/mol. The highest BCUT2D eigenvalue weighted by Gasteiger charge is 2.23. The van der Waals surface area contributed by atoms with Gasteiger partial charge < -0.3 is 10.1 Å². The van der Waals surface area contributed by atoms with Crippen LogP contribution in [-0.4, -0.2) is 21.4 Å². The summed E-state index contributed by atoms with van der Waals surface area (Å²) in [7, 11) is -2.44. The molecule has 0 atom stereocenters. The standard InChI is InChI=1S/C24H25ClN2O4S/c1-14-10-16(3)23(17(4)11-14)32(29,30)27-20-9-7-6-8-18(20)24(28)26-21-12-15(2)19(25)13-22(21)31-5/h6-13,27H,1-5H3,(H,26,28). The first kappa shape index (κ1) is 23.6. The molecular weight excluding hydrogens is 448 g/mol. The van der Waals surface area contributed by atoms with Gasteiger partial charge in [0.15, 0.2) is 0 Å². The zero-order valence-corrected chi connectivity index (χ0v) is 20.1. The molecular formula is C24H25ClN2O4S. The van der Waals surface area contributed by atoms with Crippen LogP contribution >= 0.6 is 11.6 Å². The van der Waals surface area contributed by atoms with E-state index in [0.29, 0.717) is 27.6 Å². The van der Waals surface area contributed by atoms with E-state index in [1.807, 2.05) is 26.0 Å². The number of rotatable bonds is 6. The van der Waals surface area contributed by atoms with Crippen molar-refractivity contribution < 1.29 is 17.9 Å². The van der Waals surface area contributed by atoms with Gasteiger partial charge >= 0.3 is 0 Å². The first-order chi connectivity index (χ1) is 15.0. The quantitative estimate of drug-likeness (QED) is 0.486. The maximum Gasteiger partial charge on any atom is 0.262 e. The number of amides is 1. The normalized spacial score (nSPS) is 11.2.